The summed E-state index contributed by atoms with van der Waals surface area (Å²) in [5, 5.41) is 7.98. The standard InChI is InChI=1S/C18H26N8O2/c1-5-25(3)18-22-15-13(11-27-4)24-26(9-10-28-6-2)16(15)17(23-18)21-14-7-8-19-12-20-14/h7-8,12H,5-6,9-11H2,1-4H3,(H,19,20,21,22,23). The van der Waals surface area contributed by atoms with Crippen molar-refractivity contribution in [1.29, 1.82) is 0 Å². The molecule has 0 unspecified atom stereocenters. The van der Waals surface area contributed by atoms with Crippen LogP contribution in [0.2, 0.25) is 0 Å². The lowest BCUT2D eigenvalue weighted by Gasteiger charge is -2.16. The van der Waals surface area contributed by atoms with Crippen LogP contribution in [-0.2, 0) is 22.6 Å². The number of anilines is 3. The number of rotatable bonds is 10. The molecule has 0 saturated heterocycles. The highest BCUT2D eigenvalue weighted by Crippen LogP contribution is 2.28. The first-order valence-electron chi connectivity index (χ1n) is 9.26. The van der Waals surface area contributed by atoms with Gasteiger partial charge in [0.1, 0.15) is 28.9 Å². The van der Waals surface area contributed by atoms with Gasteiger partial charge in [0.25, 0.3) is 0 Å². The van der Waals surface area contributed by atoms with Crippen molar-refractivity contribution in [3.8, 4) is 0 Å². The molecule has 0 bridgehead atoms. The first kappa shape index (κ1) is 19.9. The molecular weight excluding hydrogens is 360 g/mol. The third-order valence-corrected chi connectivity index (χ3v) is 4.22. The van der Waals surface area contributed by atoms with E-state index in [1.165, 1.54) is 6.33 Å². The minimum absolute atomic E-state index is 0.359. The molecule has 0 spiro atoms. The fourth-order valence-corrected chi connectivity index (χ4v) is 2.71. The summed E-state index contributed by atoms with van der Waals surface area (Å²) in [5.74, 6) is 1.88. The number of hydrogen-bond donors (Lipinski definition) is 1. The van der Waals surface area contributed by atoms with Gasteiger partial charge in [-0.1, -0.05) is 0 Å². The van der Waals surface area contributed by atoms with E-state index in [0.29, 0.717) is 43.9 Å². The van der Waals surface area contributed by atoms with Crippen molar-refractivity contribution in [2.45, 2.75) is 27.0 Å². The largest absolute Gasteiger partial charge is 0.380 e. The van der Waals surface area contributed by atoms with Crippen LogP contribution in [0.3, 0.4) is 0 Å². The Balaban J connectivity index is 2.14. The van der Waals surface area contributed by atoms with Crippen LogP contribution in [0, 0.1) is 0 Å². The zero-order chi connectivity index (χ0) is 19.9. The quantitative estimate of drug-likeness (QED) is 0.524. The van der Waals surface area contributed by atoms with Gasteiger partial charge >= 0.3 is 0 Å². The van der Waals surface area contributed by atoms with E-state index in [1.54, 1.807) is 19.4 Å². The van der Waals surface area contributed by atoms with Crippen molar-refractivity contribution in [3.63, 3.8) is 0 Å². The van der Waals surface area contributed by atoms with Crippen LogP contribution in [0.25, 0.3) is 11.0 Å². The van der Waals surface area contributed by atoms with Crippen LogP contribution in [0.4, 0.5) is 17.6 Å². The van der Waals surface area contributed by atoms with Gasteiger partial charge in [-0.3, -0.25) is 4.68 Å². The van der Waals surface area contributed by atoms with E-state index in [4.69, 9.17) is 24.5 Å². The molecule has 0 amide bonds. The molecule has 3 rings (SSSR count). The number of nitrogens with one attached hydrogen (secondary N) is 1. The van der Waals surface area contributed by atoms with E-state index in [-0.39, 0.29) is 0 Å². The summed E-state index contributed by atoms with van der Waals surface area (Å²) >= 11 is 0. The van der Waals surface area contributed by atoms with Gasteiger partial charge in [0, 0.05) is 33.5 Å². The maximum Gasteiger partial charge on any atom is 0.227 e. The molecule has 0 aliphatic rings. The predicted octanol–water partition coefficient (Wildman–Crippen LogP) is 2.00. The SMILES string of the molecule is CCOCCn1nc(COC)c2nc(N(C)CC)nc(Nc3ccncn3)c21. The van der Waals surface area contributed by atoms with E-state index in [9.17, 15) is 0 Å². The highest BCUT2D eigenvalue weighted by molar-refractivity contribution is 5.90. The molecule has 0 atom stereocenters. The van der Waals surface area contributed by atoms with Crippen LogP contribution >= 0.6 is 0 Å². The Hall–Kier alpha value is -2.85. The second-order valence-electron chi connectivity index (χ2n) is 6.10. The topological polar surface area (TPSA) is 103 Å². The van der Waals surface area contributed by atoms with E-state index < -0.39 is 0 Å². The van der Waals surface area contributed by atoms with Crippen molar-refractivity contribution in [2.24, 2.45) is 0 Å². The number of aromatic nitrogens is 6. The average Bonchev–Trinajstić information content (AvgIpc) is 3.06. The Morgan fingerprint density at radius 1 is 1.25 bits per heavy atom. The summed E-state index contributed by atoms with van der Waals surface area (Å²) < 4.78 is 12.7. The second kappa shape index (κ2) is 9.38. The third kappa shape index (κ3) is 4.34. The molecule has 3 aromatic rings. The molecule has 0 radical (unpaired) electrons. The number of methoxy groups -OCH3 is 1. The van der Waals surface area contributed by atoms with Crippen LogP contribution in [-0.4, -0.2) is 63.6 Å². The Morgan fingerprint density at radius 2 is 2.11 bits per heavy atom. The first-order valence-corrected chi connectivity index (χ1v) is 9.26. The predicted molar refractivity (Wildman–Crippen MR) is 107 cm³/mol. The second-order valence-corrected chi connectivity index (χ2v) is 6.10. The van der Waals surface area contributed by atoms with Gasteiger partial charge in [0.15, 0.2) is 5.82 Å². The van der Waals surface area contributed by atoms with Crippen LogP contribution in [0.1, 0.15) is 19.5 Å². The molecule has 1 N–H and O–H groups in total. The Kier molecular flexibility index (Phi) is 6.66. The molecule has 0 aliphatic heterocycles. The van der Waals surface area contributed by atoms with Crippen molar-refractivity contribution in [1.82, 2.24) is 29.7 Å². The van der Waals surface area contributed by atoms with Crippen LogP contribution < -0.4 is 10.2 Å². The van der Waals surface area contributed by atoms with Gasteiger partial charge < -0.3 is 19.7 Å². The van der Waals surface area contributed by atoms with Gasteiger partial charge in [0.2, 0.25) is 5.95 Å². The van der Waals surface area contributed by atoms with Gasteiger partial charge in [-0.25, -0.2) is 15.0 Å². The zero-order valence-electron chi connectivity index (χ0n) is 16.7. The van der Waals surface area contributed by atoms with E-state index in [1.807, 2.05) is 30.5 Å². The fraction of sp³-hybridized carbons (Fsp3) is 0.500. The molecular formula is C18H26N8O2. The number of ether oxygens (including phenoxy) is 2. The molecule has 10 nitrogen and oxygen atoms in total. The normalized spacial score (nSPS) is 11.1. The number of nitrogens with zero attached hydrogens (tertiary/aromatic N) is 7. The van der Waals surface area contributed by atoms with E-state index in [0.717, 1.165) is 23.3 Å². The summed E-state index contributed by atoms with van der Waals surface area (Å²) in [6, 6.07) is 1.79. The average molecular weight is 386 g/mol. The van der Waals surface area contributed by atoms with Gasteiger partial charge in [-0.15, -0.1) is 0 Å². The number of fused-ring (bicyclic) bond motifs is 1. The van der Waals surface area contributed by atoms with E-state index >= 15 is 0 Å². The Morgan fingerprint density at radius 3 is 2.79 bits per heavy atom. The van der Waals surface area contributed by atoms with Crippen LogP contribution in [0.5, 0.6) is 0 Å². The van der Waals surface area contributed by atoms with Gasteiger partial charge in [-0.2, -0.15) is 10.1 Å². The van der Waals surface area contributed by atoms with Gasteiger partial charge in [0.05, 0.1) is 19.8 Å². The Bertz CT molecular complexity index is 899. The monoisotopic (exact) mass is 386 g/mol. The first-order chi connectivity index (χ1) is 13.7. The maximum atomic E-state index is 5.51. The van der Waals surface area contributed by atoms with E-state index in [2.05, 4.69) is 15.3 Å². The summed E-state index contributed by atoms with van der Waals surface area (Å²) in [5.41, 5.74) is 2.30. The molecule has 0 aliphatic carbocycles. The lowest BCUT2D eigenvalue weighted by atomic mass is 10.3. The summed E-state index contributed by atoms with van der Waals surface area (Å²) in [7, 11) is 3.59. The highest BCUT2D eigenvalue weighted by atomic mass is 16.5. The Labute approximate surface area is 163 Å². The molecule has 3 aromatic heterocycles. The molecule has 0 aromatic carbocycles. The molecule has 3 heterocycles. The lowest BCUT2D eigenvalue weighted by Crippen LogP contribution is -2.19. The van der Waals surface area contributed by atoms with Crippen LogP contribution in [0.15, 0.2) is 18.6 Å². The fourth-order valence-electron chi connectivity index (χ4n) is 2.71. The van der Waals surface area contributed by atoms with Crippen molar-refractivity contribution >= 4 is 28.6 Å². The summed E-state index contributed by atoms with van der Waals surface area (Å²) in [4.78, 5) is 19.7. The maximum absolute atomic E-state index is 5.51. The molecule has 0 saturated carbocycles. The van der Waals surface area contributed by atoms with Gasteiger partial charge in [-0.05, 0) is 19.9 Å². The lowest BCUT2D eigenvalue weighted by molar-refractivity contribution is 0.136. The van der Waals surface area contributed by atoms with Crippen molar-refractivity contribution < 1.29 is 9.47 Å². The number of hydrogen-bond acceptors (Lipinski definition) is 9. The third-order valence-electron chi connectivity index (χ3n) is 4.22. The smallest absolute Gasteiger partial charge is 0.227 e. The molecule has 150 valence electrons. The molecule has 0 fully saturated rings. The minimum Gasteiger partial charge on any atom is -0.380 e. The van der Waals surface area contributed by atoms with Crippen molar-refractivity contribution in [3.05, 3.63) is 24.3 Å². The minimum atomic E-state index is 0.359. The highest BCUT2D eigenvalue weighted by Gasteiger charge is 2.20. The molecule has 28 heavy (non-hydrogen) atoms. The summed E-state index contributed by atoms with van der Waals surface area (Å²) in [6.07, 6.45) is 3.16. The zero-order valence-corrected chi connectivity index (χ0v) is 16.7. The van der Waals surface area contributed by atoms with Crippen molar-refractivity contribution in [2.75, 3.05) is 44.1 Å². The summed E-state index contributed by atoms with van der Waals surface area (Å²) in [6.45, 7) is 6.93. The molecule has 10 heteroatoms.